The van der Waals surface area contributed by atoms with Crippen LogP contribution in [-0.2, 0) is 14.3 Å². The van der Waals surface area contributed by atoms with Crippen LogP contribution < -0.4 is 5.32 Å². The molecule has 0 aliphatic heterocycles. The SMILES string of the molecule is O=C(COC(=O)C12CC3CC(CC(C3)C1)C2)NC(=O)c1cccs1. The Bertz CT molecular complexity index is 631. The van der Waals surface area contributed by atoms with Crippen molar-refractivity contribution in [3.05, 3.63) is 22.4 Å². The Morgan fingerprint density at radius 1 is 1.12 bits per heavy atom. The molecule has 2 amide bonds. The van der Waals surface area contributed by atoms with Gasteiger partial charge in [0.15, 0.2) is 6.61 Å². The number of nitrogens with one attached hydrogen (secondary N) is 1. The van der Waals surface area contributed by atoms with E-state index in [0.29, 0.717) is 22.6 Å². The molecule has 1 N–H and O–H groups in total. The van der Waals surface area contributed by atoms with Crippen LogP contribution in [0.1, 0.15) is 48.2 Å². The number of rotatable bonds is 4. The van der Waals surface area contributed by atoms with Gasteiger partial charge in [-0.2, -0.15) is 0 Å². The molecule has 4 bridgehead atoms. The Labute approximate surface area is 144 Å². The standard InChI is InChI=1S/C18H21NO4S/c20-15(19-16(21)14-2-1-3-24-14)10-23-17(22)18-7-11-4-12(8-18)6-13(5-11)9-18/h1-3,11-13H,4-10H2,(H,19,20,21). The van der Waals surface area contributed by atoms with Crippen LogP contribution in [-0.4, -0.2) is 24.4 Å². The second-order valence-corrected chi connectivity index (χ2v) is 8.58. The molecular weight excluding hydrogens is 326 g/mol. The van der Waals surface area contributed by atoms with Gasteiger partial charge in [0.1, 0.15) is 0 Å². The van der Waals surface area contributed by atoms with Gasteiger partial charge >= 0.3 is 5.97 Å². The Balaban J connectivity index is 1.32. The lowest BCUT2D eigenvalue weighted by molar-refractivity contribution is -0.173. The van der Waals surface area contributed by atoms with E-state index in [1.54, 1.807) is 17.5 Å². The predicted molar refractivity (Wildman–Crippen MR) is 88.4 cm³/mol. The fourth-order valence-electron chi connectivity index (χ4n) is 5.28. The van der Waals surface area contributed by atoms with Crippen molar-refractivity contribution in [3.8, 4) is 0 Å². The summed E-state index contributed by atoms with van der Waals surface area (Å²) in [6.07, 6.45) is 6.49. The molecule has 0 unspecified atom stereocenters. The first-order chi connectivity index (χ1) is 11.5. The normalized spacial score (nSPS) is 33.2. The van der Waals surface area contributed by atoms with Crippen LogP contribution in [0, 0.1) is 23.2 Å². The van der Waals surface area contributed by atoms with E-state index < -0.39 is 11.8 Å². The topological polar surface area (TPSA) is 72.5 Å². The maximum Gasteiger partial charge on any atom is 0.312 e. The first-order valence-electron chi connectivity index (χ1n) is 8.59. The lowest BCUT2D eigenvalue weighted by atomic mass is 9.49. The monoisotopic (exact) mass is 347 g/mol. The van der Waals surface area contributed by atoms with E-state index in [1.165, 1.54) is 30.6 Å². The van der Waals surface area contributed by atoms with Gasteiger partial charge in [-0.3, -0.25) is 19.7 Å². The Hall–Kier alpha value is -1.69. The maximum absolute atomic E-state index is 12.6. The molecule has 5 rings (SSSR count). The third-order valence-electron chi connectivity index (χ3n) is 5.80. The van der Waals surface area contributed by atoms with Crippen molar-refractivity contribution in [2.24, 2.45) is 23.2 Å². The number of hydrogen-bond donors (Lipinski definition) is 1. The summed E-state index contributed by atoms with van der Waals surface area (Å²) < 4.78 is 5.31. The highest BCUT2D eigenvalue weighted by Crippen LogP contribution is 2.60. The molecule has 1 aromatic heterocycles. The van der Waals surface area contributed by atoms with E-state index in [2.05, 4.69) is 5.32 Å². The van der Waals surface area contributed by atoms with Crippen LogP contribution in [0.3, 0.4) is 0 Å². The van der Waals surface area contributed by atoms with Gasteiger partial charge in [0.2, 0.25) is 0 Å². The minimum absolute atomic E-state index is 0.236. The van der Waals surface area contributed by atoms with Crippen molar-refractivity contribution in [1.82, 2.24) is 5.32 Å². The molecule has 0 saturated heterocycles. The number of carbonyl (C=O) groups excluding carboxylic acids is 3. The number of imide groups is 1. The molecule has 4 fully saturated rings. The fraction of sp³-hybridized carbons (Fsp3) is 0.611. The number of thiophene rings is 1. The number of carbonyl (C=O) groups is 3. The van der Waals surface area contributed by atoms with E-state index in [0.717, 1.165) is 19.3 Å². The van der Waals surface area contributed by atoms with Crippen molar-refractivity contribution in [2.75, 3.05) is 6.61 Å². The molecule has 6 heteroatoms. The summed E-state index contributed by atoms with van der Waals surface area (Å²) >= 11 is 1.26. The smallest absolute Gasteiger partial charge is 0.312 e. The average Bonchev–Trinajstić information content (AvgIpc) is 3.05. The van der Waals surface area contributed by atoms with Crippen molar-refractivity contribution in [2.45, 2.75) is 38.5 Å². The third-order valence-corrected chi connectivity index (χ3v) is 6.67. The fourth-order valence-corrected chi connectivity index (χ4v) is 5.90. The summed E-state index contributed by atoms with van der Waals surface area (Å²) in [6, 6.07) is 3.39. The highest BCUT2D eigenvalue weighted by Gasteiger charge is 2.55. The molecule has 1 aromatic rings. The average molecular weight is 347 g/mol. The number of ether oxygens (including phenoxy) is 1. The van der Waals surface area contributed by atoms with Crippen LogP contribution in [0.15, 0.2) is 17.5 Å². The van der Waals surface area contributed by atoms with E-state index in [4.69, 9.17) is 4.74 Å². The molecule has 1 heterocycles. The van der Waals surface area contributed by atoms with Gasteiger partial charge in [0, 0.05) is 0 Å². The summed E-state index contributed by atoms with van der Waals surface area (Å²) in [4.78, 5) is 36.8. The summed E-state index contributed by atoms with van der Waals surface area (Å²) in [7, 11) is 0. The van der Waals surface area contributed by atoms with Crippen molar-refractivity contribution in [3.63, 3.8) is 0 Å². The van der Waals surface area contributed by atoms with Crippen LogP contribution in [0.5, 0.6) is 0 Å². The van der Waals surface area contributed by atoms with Crippen LogP contribution in [0.4, 0.5) is 0 Å². The van der Waals surface area contributed by atoms with Crippen molar-refractivity contribution < 1.29 is 19.1 Å². The minimum atomic E-state index is -0.563. The minimum Gasteiger partial charge on any atom is -0.455 e. The molecular formula is C18H21NO4S. The zero-order valence-electron chi connectivity index (χ0n) is 13.5. The molecule has 24 heavy (non-hydrogen) atoms. The molecule has 4 aliphatic rings. The molecule has 4 aliphatic carbocycles. The zero-order chi connectivity index (χ0) is 16.7. The first kappa shape index (κ1) is 15.8. The largest absolute Gasteiger partial charge is 0.455 e. The van der Waals surface area contributed by atoms with E-state index in [9.17, 15) is 14.4 Å². The second kappa shape index (κ2) is 5.99. The Morgan fingerprint density at radius 2 is 1.75 bits per heavy atom. The maximum atomic E-state index is 12.6. The van der Waals surface area contributed by atoms with Gasteiger partial charge in [-0.05, 0) is 67.7 Å². The highest BCUT2D eigenvalue weighted by atomic mass is 32.1. The summed E-state index contributed by atoms with van der Waals surface area (Å²) in [5, 5.41) is 4.04. The van der Waals surface area contributed by atoms with Crippen LogP contribution >= 0.6 is 11.3 Å². The number of amides is 2. The number of esters is 1. The second-order valence-electron chi connectivity index (χ2n) is 7.63. The van der Waals surface area contributed by atoms with Crippen molar-refractivity contribution in [1.29, 1.82) is 0 Å². The molecule has 0 spiro atoms. The zero-order valence-corrected chi connectivity index (χ0v) is 14.3. The van der Waals surface area contributed by atoms with Crippen LogP contribution in [0.2, 0.25) is 0 Å². The first-order valence-corrected chi connectivity index (χ1v) is 9.47. The van der Waals surface area contributed by atoms with E-state index in [-0.39, 0.29) is 18.0 Å². The van der Waals surface area contributed by atoms with Gasteiger partial charge in [-0.25, -0.2) is 0 Å². The Kier molecular flexibility index (Phi) is 3.95. The van der Waals surface area contributed by atoms with Gasteiger partial charge in [0.25, 0.3) is 11.8 Å². The lowest BCUT2D eigenvalue weighted by Crippen LogP contribution is -2.51. The van der Waals surface area contributed by atoms with Gasteiger partial charge in [0.05, 0.1) is 10.3 Å². The quantitative estimate of drug-likeness (QED) is 0.850. The molecule has 0 radical (unpaired) electrons. The summed E-state index contributed by atoms with van der Waals surface area (Å²) in [5.41, 5.74) is -0.368. The summed E-state index contributed by atoms with van der Waals surface area (Å²) in [5.74, 6) is 0.710. The van der Waals surface area contributed by atoms with Crippen LogP contribution in [0.25, 0.3) is 0 Å². The highest BCUT2D eigenvalue weighted by molar-refractivity contribution is 7.12. The predicted octanol–water partition coefficient (Wildman–Crippen LogP) is 2.76. The van der Waals surface area contributed by atoms with E-state index >= 15 is 0 Å². The Morgan fingerprint density at radius 3 is 2.29 bits per heavy atom. The van der Waals surface area contributed by atoms with Gasteiger partial charge < -0.3 is 4.74 Å². The molecule has 0 aromatic carbocycles. The van der Waals surface area contributed by atoms with Gasteiger partial charge in [-0.1, -0.05) is 6.07 Å². The lowest BCUT2D eigenvalue weighted by Gasteiger charge is -2.55. The molecule has 4 saturated carbocycles. The molecule has 5 nitrogen and oxygen atoms in total. The van der Waals surface area contributed by atoms with Gasteiger partial charge in [-0.15, -0.1) is 11.3 Å². The number of hydrogen-bond acceptors (Lipinski definition) is 5. The molecule has 128 valence electrons. The van der Waals surface area contributed by atoms with E-state index in [1.807, 2.05) is 0 Å². The molecule has 0 atom stereocenters. The third kappa shape index (κ3) is 2.88. The summed E-state index contributed by atoms with van der Waals surface area (Å²) in [6.45, 7) is -0.377. The van der Waals surface area contributed by atoms with Crippen molar-refractivity contribution >= 4 is 29.1 Å².